The van der Waals surface area contributed by atoms with E-state index in [9.17, 15) is 5.26 Å². The molecule has 1 aromatic heterocycles. The lowest BCUT2D eigenvalue weighted by Gasteiger charge is -2.22. The van der Waals surface area contributed by atoms with Gasteiger partial charge in [0.15, 0.2) is 5.82 Å². The average Bonchev–Trinajstić information content (AvgIpc) is 3.16. The molecule has 1 aliphatic rings. The Kier molecular flexibility index (Phi) is 4.21. The molecule has 3 rings (SSSR count). The molecular formula is C17H20N4O. The van der Waals surface area contributed by atoms with Gasteiger partial charge in [0.05, 0.1) is 17.7 Å². The first-order chi connectivity index (χ1) is 10.7. The minimum atomic E-state index is 0.183. The molecule has 0 unspecified atom stereocenters. The van der Waals surface area contributed by atoms with Crippen LogP contribution in [-0.4, -0.2) is 21.6 Å². The highest BCUT2D eigenvalue weighted by Gasteiger charge is 2.30. The van der Waals surface area contributed by atoms with Crippen molar-refractivity contribution < 1.29 is 4.52 Å². The molecule has 1 atom stereocenters. The van der Waals surface area contributed by atoms with Gasteiger partial charge in [-0.3, -0.25) is 4.90 Å². The molecule has 1 fully saturated rings. The van der Waals surface area contributed by atoms with Crippen molar-refractivity contribution in [2.75, 3.05) is 6.54 Å². The highest BCUT2D eigenvalue weighted by molar-refractivity contribution is 5.37. The van der Waals surface area contributed by atoms with Gasteiger partial charge in [-0.05, 0) is 31.0 Å². The third-order valence-electron chi connectivity index (χ3n) is 4.12. The van der Waals surface area contributed by atoms with E-state index in [1.807, 2.05) is 38.1 Å². The summed E-state index contributed by atoms with van der Waals surface area (Å²) in [4.78, 5) is 6.88. The van der Waals surface area contributed by atoms with Crippen molar-refractivity contribution in [3.63, 3.8) is 0 Å². The van der Waals surface area contributed by atoms with Crippen LogP contribution in [0.15, 0.2) is 28.8 Å². The molecule has 0 radical (unpaired) electrons. The summed E-state index contributed by atoms with van der Waals surface area (Å²) >= 11 is 0. The topological polar surface area (TPSA) is 66.0 Å². The highest BCUT2D eigenvalue weighted by Crippen LogP contribution is 2.32. The number of nitriles is 1. The van der Waals surface area contributed by atoms with Crippen LogP contribution < -0.4 is 0 Å². The summed E-state index contributed by atoms with van der Waals surface area (Å²) in [7, 11) is 0. The number of benzene rings is 1. The Morgan fingerprint density at radius 3 is 2.95 bits per heavy atom. The van der Waals surface area contributed by atoms with Crippen LogP contribution in [0.3, 0.4) is 0 Å². The van der Waals surface area contributed by atoms with Crippen LogP contribution in [-0.2, 0) is 6.54 Å². The SMILES string of the molecule is CC(C)c1nc([C@@H]2CCCN2Cc2ccccc2C#N)no1. The monoisotopic (exact) mass is 296 g/mol. The van der Waals surface area contributed by atoms with Crippen molar-refractivity contribution >= 4 is 0 Å². The number of likely N-dealkylation sites (tertiary alicyclic amines) is 1. The summed E-state index contributed by atoms with van der Waals surface area (Å²) in [6.07, 6.45) is 2.15. The van der Waals surface area contributed by atoms with E-state index in [1.54, 1.807) is 0 Å². The molecule has 0 aliphatic carbocycles. The molecule has 5 heteroatoms. The Bertz CT molecular complexity index is 686. The zero-order valence-electron chi connectivity index (χ0n) is 13.0. The van der Waals surface area contributed by atoms with Gasteiger partial charge in [-0.25, -0.2) is 0 Å². The molecule has 114 valence electrons. The standard InChI is InChI=1S/C17H20N4O/c1-12(2)17-19-16(20-22-17)15-8-5-9-21(15)11-14-7-4-3-6-13(14)10-18/h3-4,6-7,12,15H,5,8-9,11H2,1-2H3/t15-/m0/s1. The first-order valence-electron chi connectivity index (χ1n) is 7.74. The lowest BCUT2D eigenvalue weighted by molar-refractivity contribution is 0.233. The molecule has 5 nitrogen and oxygen atoms in total. The van der Waals surface area contributed by atoms with Crippen LogP contribution in [0.2, 0.25) is 0 Å². The van der Waals surface area contributed by atoms with Gasteiger partial charge in [0.2, 0.25) is 5.89 Å². The minimum absolute atomic E-state index is 0.183. The first-order valence-corrected chi connectivity index (χ1v) is 7.74. The fourth-order valence-electron chi connectivity index (χ4n) is 2.91. The largest absolute Gasteiger partial charge is 0.339 e. The van der Waals surface area contributed by atoms with Gasteiger partial charge < -0.3 is 4.52 Å². The maximum atomic E-state index is 9.23. The first kappa shape index (κ1) is 14.7. The maximum absolute atomic E-state index is 9.23. The average molecular weight is 296 g/mol. The fourth-order valence-corrected chi connectivity index (χ4v) is 2.91. The van der Waals surface area contributed by atoms with Crippen molar-refractivity contribution in [2.24, 2.45) is 0 Å². The van der Waals surface area contributed by atoms with Crippen molar-refractivity contribution in [1.29, 1.82) is 5.26 Å². The molecule has 0 amide bonds. The Morgan fingerprint density at radius 2 is 2.23 bits per heavy atom. The van der Waals surface area contributed by atoms with E-state index >= 15 is 0 Å². The van der Waals surface area contributed by atoms with Crippen LogP contribution in [0.25, 0.3) is 0 Å². The van der Waals surface area contributed by atoms with Crippen LogP contribution in [0, 0.1) is 11.3 Å². The van der Waals surface area contributed by atoms with E-state index in [0.717, 1.165) is 42.9 Å². The van der Waals surface area contributed by atoms with Crippen molar-refractivity contribution in [3.8, 4) is 6.07 Å². The van der Waals surface area contributed by atoms with Crippen LogP contribution in [0.5, 0.6) is 0 Å². The zero-order chi connectivity index (χ0) is 15.5. The Labute approximate surface area is 130 Å². The molecule has 0 spiro atoms. The van der Waals surface area contributed by atoms with Crippen LogP contribution in [0.4, 0.5) is 0 Å². The second kappa shape index (κ2) is 6.29. The lowest BCUT2D eigenvalue weighted by atomic mass is 10.1. The summed E-state index contributed by atoms with van der Waals surface area (Å²) in [5.74, 6) is 1.71. The van der Waals surface area contributed by atoms with Crippen LogP contribution in [0.1, 0.15) is 61.5 Å². The van der Waals surface area contributed by atoms with Gasteiger partial charge in [-0.1, -0.05) is 37.2 Å². The van der Waals surface area contributed by atoms with Gasteiger partial charge >= 0.3 is 0 Å². The molecular weight excluding hydrogens is 276 g/mol. The van der Waals surface area contributed by atoms with E-state index < -0.39 is 0 Å². The van der Waals surface area contributed by atoms with E-state index in [2.05, 4.69) is 21.1 Å². The van der Waals surface area contributed by atoms with E-state index in [1.165, 1.54) is 0 Å². The molecule has 0 N–H and O–H groups in total. The predicted molar refractivity (Wildman–Crippen MR) is 81.9 cm³/mol. The van der Waals surface area contributed by atoms with E-state index in [-0.39, 0.29) is 12.0 Å². The minimum Gasteiger partial charge on any atom is -0.339 e. The molecule has 1 aromatic carbocycles. The number of hydrogen-bond donors (Lipinski definition) is 0. The third kappa shape index (κ3) is 2.88. The highest BCUT2D eigenvalue weighted by atomic mass is 16.5. The second-order valence-corrected chi connectivity index (χ2v) is 6.04. The van der Waals surface area contributed by atoms with Gasteiger partial charge in [-0.15, -0.1) is 0 Å². The smallest absolute Gasteiger partial charge is 0.229 e. The van der Waals surface area contributed by atoms with Gasteiger partial charge in [0, 0.05) is 12.5 Å². The van der Waals surface area contributed by atoms with Crippen molar-refractivity contribution in [3.05, 3.63) is 47.1 Å². The normalized spacial score (nSPS) is 18.7. The molecule has 2 aromatic rings. The summed E-state index contributed by atoms with van der Waals surface area (Å²) in [6.45, 7) is 5.84. The predicted octanol–water partition coefficient (Wildman–Crippen LogP) is 3.40. The molecule has 22 heavy (non-hydrogen) atoms. The molecule has 2 heterocycles. The molecule has 1 saturated heterocycles. The Balaban J connectivity index is 1.80. The summed E-state index contributed by atoms with van der Waals surface area (Å²) in [6, 6.07) is 10.2. The molecule has 0 bridgehead atoms. The van der Waals surface area contributed by atoms with E-state index in [0.29, 0.717) is 5.89 Å². The third-order valence-corrected chi connectivity index (χ3v) is 4.12. The van der Waals surface area contributed by atoms with Crippen LogP contribution >= 0.6 is 0 Å². The summed E-state index contributed by atoms with van der Waals surface area (Å²) in [5.41, 5.74) is 1.80. The number of nitrogens with zero attached hydrogens (tertiary/aromatic N) is 4. The lowest BCUT2D eigenvalue weighted by Crippen LogP contribution is -2.24. The van der Waals surface area contributed by atoms with Gasteiger partial charge in [-0.2, -0.15) is 10.2 Å². The van der Waals surface area contributed by atoms with Crippen molar-refractivity contribution in [2.45, 2.75) is 45.2 Å². The maximum Gasteiger partial charge on any atom is 0.229 e. The number of rotatable bonds is 4. The summed E-state index contributed by atoms with van der Waals surface area (Å²) < 4.78 is 5.34. The number of hydrogen-bond acceptors (Lipinski definition) is 5. The Morgan fingerprint density at radius 1 is 1.41 bits per heavy atom. The fraction of sp³-hybridized carbons (Fsp3) is 0.471. The zero-order valence-corrected chi connectivity index (χ0v) is 13.0. The second-order valence-electron chi connectivity index (χ2n) is 6.04. The molecule has 1 aliphatic heterocycles. The Hall–Kier alpha value is -2.19. The quantitative estimate of drug-likeness (QED) is 0.865. The molecule has 0 saturated carbocycles. The summed E-state index contributed by atoms with van der Waals surface area (Å²) in [5, 5.41) is 13.4. The number of aromatic nitrogens is 2. The van der Waals surface area contributed by atoms with Gasteiger partial charge in [0.25, 0.3) is 0 Å². The van der Waals surface area contributed by atoms with Gasteiger partial charge in [0.1, 0.15) is 0 Å². The van der Waals surface area contributed by atoms with E-state index in [4.69, 9.17) is 4.52 Å². The van der Waals surface area contributed by atoms with Crippen molar-refractivity contribution in [1.82, 2.24) is 15.0 Å².